The van der Waals surface area contributed by atoms with Gasteiger partial charge in [-0.1, -0.05) is 0 Å². The molecule has 0 saturated carbocycles. The summed E-state index contributed by atoms with van der Waals surface area (Å²) in [6, 6.07) is 1.78. The van der Waals surface area contributed by atoms with Crippen LogP contribution in [0.25, 0.3) is 0 Å². The van der Waals surface area contributed by atoms with Gasteiger partial charge in [-0.3, -0.25) is 29.8 Å². The molecule has 3 amide bonds. The van der Waals surface area contributed by atoms with E-state index in [-0.39, 0.29) is 18.4 Å². The van der Waals surface area contributed by atoms with E-state index < -0.39 is 40.2 Å². The molecule has 0 spiro atoms. The molecule has 1 aliphatic rings. The molecule has 0 radical (unpaired) electrons. The number of rotatable bonds is 3. The number of nitrogens with zero attached hydrogens (tertiary/aromatic N) is 1. The molecule has 2 rings (SSSR count). The summed E-state index contributed by atoms with van der Waals surface area (Å²) in [6.07, 6.45) is 0.233. The van der Waals surface area contributed by atoms with Crippen molar-refractivity contribution in [1.29, 1.82) is 0 Å². The lowest BCUT2D eigenvalue weighted by Crippen LogP contribution is -2.52. The number of piperidine rings is 1. The molecule has 2 N–H and O–H groups in total. The van der Waals surface area contributed by atoms with E-state index in [1.807, 2.05) is 0 Å². The van der Waals surface area contributed by atoms with Gasteiger partial charge in [0.2, 0.25) is 17.6 Å². The van der Waals surface area contributed by atoms with Crippen LogP contribution >= 0.6 is 0 Å². The van der Waals surface area contributed by atoms with Crippen molar-refractivity contribution in [3.05, 3.63) is 39.7 Å². The van der Waals surface area contributed by atoms with Gasteiger partial charge >= 0.3 is 5.69 Å². The highest BCUT2D eigenvalue weighted by Gasteiger charge is 2.28. The molecule has 110 valence electrons. The fraction of sp³-hybridized carbons (Fsp3) is 0.250. The van der Waals surface area contributed by atoms with Gasteiger partial charge in [-0.15, -0.1) is 0 Å². The van der Waals surface area contributed by atoms with Crippen molar-refractivity contribution >= 4 is 23.4 Å². The topological polar surface area (TPSA) is 118 Å². The van der Waals surface area contributed by atoms with E-state index in [0.717, 1.165) is 18.2 Å². The summed E-state index contributed by atoms with van der Waals surface area (Å²) in [6.45, 7) is 0. The van der Waals surface area contributed by atoms with Crippen LogP contribution in [0.3, 0.4) is 0 Å². The van der Waals surface area contributed by atoms with E-state index in [2.05, 4.69) is 10.6 Å². The molecule has 8 nitrogen and oxygen atoms in total. The summed E-state index contributed by atoms with van der Waals surface area (Å²) in [5, 5.41) is 14.9. The molecule has 21 heavy (non-hydrogen) atoms. The molecular weight excluding hydrogens is 285 g/mol. The van der Waals surface area contributed by atoms with Gasteiger partial charge in [0, 0.05) is 18.1 Å². The van der Waals surface area contributed by atoms with Crippen molar-refractivity contribution in [2.45, 2.75) is 18.9 Å². The second-order valence-corrected chi connectivity index (χ2v) is 4.40. The highest BCUT2D eigenvalue weighted by molar-refractivity contribution is 6.03. The molecule has 1 saturated heterocycles. The normalized spacial score (nSPS) is 18.0. The van der Waals surface area contributed by atoms with Gasteiger partial charge in [-0.25, -0.2) is 0 Å². The molecule has 1 aromatic rings. The van der Waals surface area contributed by atoms with E-state index in [1.165, 1.54) is 0 Å². The van der Waals surface area contributed by atoms with E-state index in [1.54, 1.807) is 0 Å². The Morgan fingerprint density at radius 1 is 1.43 bits per heavy atom. The van der Waals surface area contributed by atoms with Gasteiger partial charge in [0.1, 0.15) is 6.04 Å². The Balaban J connectivity index is 2.10. The summed E-state index contributed by atoms with van der Waals surface area (Å²) in [5.74, 6) is -2.96. The van der Waals surface area contributed by atoms with Gasteiger partial charge in [0.05, 0.1) is 4.92 Å². The number of carbonyl (C=O) groups excluding carboxylic acids is 3. The zero-order chi connectivity index (χ0) is 15.6. The minimum absolute atomic E-state index is 0.0886. The molecule has 1 fully saturated rings. The molecule has 1 heterocycles. The van der Waals surface area contributed by atoms with E-state index in [9.17, 15) is 28.9 Å². The molecular formula is C12H10FN3O5. The highest BCUT2D eigenvalue weighted by Crippen LogP contribution is 2.18. The third-order valence-electron chi connectivity index (χ3n) is 2.95. The number of hydrogen-bond donors (Lipinski definition) is 2. The lowest BCUT2D eigenvalue weighted by atomic mass is 10.1. The van der Waals surface area contributed by atoms with Crippen LogP contribution in [0.1, 0.15) is 23.2 Å². The minimum atomic E-state index is -1.14. The average molecular weight is 295 g/mol. The van der Waals surface area contributed by atoms with Crippen molar-refractivity contribution in [2.24, 2.45) is 0 Å². The number of carbonyl (C=O) groups is 3. The number of hydrogen-bond acceptors (Lipinski definition) is 5. The fourth-order valence-electron chi connectivity index (χ4n) is 1.87. The second-order valence-electron chi connectivity index (χ2n) is 4.40. The van der Waals surface area contributed by atoms with Crippen LogP contribution in [-0.2, 0) is 9.59 Å². The standard InChI is InChI=1S/C12H10FN3O5/c13-7-5-6(1-3-9(7)16(20)21)11(18)14-8-2-4-10(17)15-12(8)19/h1,3,5,8H,2,4H2,(H,14,18)(H,15,17,19). The summed E-state index contributed by atoms with van der Waals surface area (Å²) in [4.78, 5) is 43.9. The number of nitro groups is 1. The first-order valence-electron chi connectivity index (χ1n) is 5.97. The lowest BCUT2D eigenvalue weighted by Gasteiger charge is -2.21. The van der Waals surface area contributed by atoms with E-state index >= 15 is 0 Å². The summed E-state index contributed by atoms with van der Waals surface area (Å²) in [7, 11) is 0. The average Bonchev–Trinajstić information content (AvgIpc) is 2.41. The minimum Gasteiger partial charge on any atom is -0.340 e. The monoisotopic (exact) mass is 295 g/mol. The Bertz CT molecular complexity index is 646. The van der Waals surface area contributed by atoms with Crippen molar-refractivity contribution < 1.29 is 23.7 Å². The van der Waals surface area contributed by atoms with E-state index in [4.69, 9.17) is 0 Å². The van der Waals surface area contributed by atoms with Gasteiger partial charge in [-0.05, 0) is 18.6 Å². The second kappa shape index (κ2) is 5.65. The van der Waals surface area contributed by atoms with Crippen molar-refractivity contribution in [3.63, 3.8) is 0 Å². The maximum atomic E-state index is 13.4. The van der Waals surface area contributed by atoms with Gasteiger partial charge in [0.25, 0.3) is 5.91 Å². The molecule has 1 aromatic carbocycles. The maximum absolute atomic E-state index is 13.4. The molecule has 1 aliphatic heterocycles. The van der Waals surface area contributed by atoms with Gasteiger partial charge in [-0.2, -0.15) is 4.39 Å². The first-order valence-corrected chi connectivity index (χ1v) is 5.97. The molecule has 1 unspecified atom stereocenters. The molecule has 1 atom stereocenters. The summed E-state index contributed by atoms with van der Waals surface area (Å²) < 4.78 is 13.4. The Kier molecular flexibility index (Phi) is 3.92. The highest BCUT2D eigenvalue weighted by atomic mass is 19.1. The molecule has 9 heteroatoms. The number of nitro benzene ring substituents is 1. The largest absolute Gasteiger partial charge is 0.340 e. The van der Waals surface area contributed by atoms with Crippen LogP contribution in [0.15, 0.2) is 18.2 Å². The molecule has 0 bridgehead atoms. The number of nitrogens with one attached hydrogen (secondary N) is 2. The van der Waals surface area contributed by atoms with Crippen molar-refractivity contribution in [3.8, 4) is 0 Å². The number of imide groups is 1. The third-order valence-corrected chi connectivity index (χ3v) is 2.95. The third kappa shape index (κ3) is 3.19. The zero-order valence-corrected chi connectivity index (χ0v) is 10.6. The summed E-state index contributed by atoms with van der Waals surface area (Å²) >= 11 is 0. The van der Waals surface area contributed by atoms with Crippen LogP contribution in [0.2, 0.25) is 0 Å². The van der Waals surface area contributed by atoms with Crippen molar-refractivity contribution in [1.82, 2.24) is 10.6 Å². The first kappa shape index (κ1) is 14.6. The maximum Gasteiger partial charge on any atom is 0.304 e. The SMILES string of the molecule is O=C1CCC(NC(=O)c2ccc([N+](=O)[O-])c(F)c2)C(=O)N1. The van der Waals surface area contributed by atoms with Gasteiger partial charge < -0.3 is 5.32 Å². The Morgan fingerprint density at radius 2 is 2.14 bits per heavy atom. The molecule has 0 aliphatic carbocycles. The van der Waals surface area contributed by atoms with E-state index in [0.29, 0.717) is 0 Å². The number of benzene rings is 1. The smallest absolute Gasteiger partial charge is 0.304 e. The number of amides is 3. The Hall–Kier alpha value is -2.84. The van der Waals surface area contributed by atoms with Crippen LogP contribution in [0.4, 0.5) is 10.1 Å². The Labute approximate surface area is 117 Å². The van der Waals surface area contributed by atoms with Crippen molar-refractivity contribution in [2.75, 3.05) is 0 Å². The van der Waals surface area contributed by atoms with Gasteiger partial charge in [0.15, 0.2) is 0 Å². The number of halogens is 1. The lowest BCUT2D eigenvalue weighted by molar-refractivity contribution is -0.387. The van der Waals surface area contributed by atoms with Crippen LogP contribution < -0.4 is 10.6 Å². The predicted molar refractivity (Wildman–Crippen MR) is 66.7 cm³/mol. The predicted octanol–water partition coefficient (Wildman–Crippen LogP) is 0.269. The Morgan fingerprint density at radius 3 is 2.71 bits per heavy atom. The molecule has 0 aromatic heterocycles. The van der Waals surface area contributed by atoms with Crippen LogP contribution in [0, 0.1) is 15.9 Å². The van der Waals surface area contributed by atoms with Crippen LogP contribution in [0.5, 0.6) is 0 Å². The zero-order valence-electron chi connectivity index (χ0n) is 10.6. The summed E-state index contributed by atoms with van der Waals surface area (Å²) in [5.41, 5.74) is -0.893. The quantitative estimate of drug-likeness (QED) is 0.471. The first-order chi connectivity index (χ1) is 9.88. The fourth-order valence-corrected chi connectivity index (χ4v) is 1.87. The van der Waals surface area contributed by atoms with Crippen LogP contribution in [-0.4, -0.2) is 28.7 Å².